The molecule has 202 valence electrons. The van der Waals surface area contributed by atoms with Crippen molar-refractivity contribution in [1.82, 2.24) is 29.9 Å². The Morgan fingerprint density at radius 1 is 0.900 bits per heavy atom. The van der Waals surface area contributed by atoms with Gasteiger partial charge in [0.15, 0.2) is 0 Å². The van der Waals surface area contributed by atoms with Crippen molar-refractivity contribution in [3.63, 3.8) is 0 Å². The highest BCUT2D eigenvalue weighted by Crippen LogP contribution is 2.35. The monoisotopic (exact) mass is 555 g/mol. The number of hydrogen-bond acceptors (Lipinski definition) is 6. The van der Waals surface area contributed by atoms with Gasteiger partial charge < -0.3 is 9.88 Å². The third kappa shape index (κ3) is 5.04. The number of benzene rings is 2. The molecule has 0 atom stereocenters. The molecule has 4 aromatic heterocycles. The molecule has 0 bridgehead atoms. The van der Waals surface area contributed by atoms with Gasteiger partial charge in [-0.3, -0.25) is 15.1 Å². The van der Waals surface area contributed by atoms with E-state index in [1.807, 2.05) is 55.7 Å². The third-order valence-corrected chi connectivity index (χ3v) is 7.38. The van der Waals surface area contributed by atoms with Gasteiger partial charge in [-0.15, -0.1) is 0 Å². The Labute approximate surface area is 230 Å². The van der Waals surface area contributed by atoms with Crippen LogP contribution in [-0.2, 0) is 16.6 Å². The number of nitrogens with one attached hydrogen (secondary N) is 3. The van der Waals surface area contributed by atoms with E-state index in [4.69, 9.17) is 0 Å². The summed E-state index contributed by atoms with van der Waals surface area (Å²) in [6.45, 7) is -0.0213. The molecule has 40 heavy (non-hydrogen) atoms. The van der Waals surface area contributed by atoms with Gasteiger partial charge in [0.2, 0.25) is 10.0 Å². The van der Waals surface area contributed by atoms with Crippen LogP contribution in [-0.4, -0.2) is 53.9 Å². The molecule has 0 spiro atoms. The van der Waals surface area contributed by atoms with Crippen molar-refractivity contribution >= 4 is 37.5 Å². The Kier molecular flexibility index (Phi) is 6.32. The smallest absolute Gasteiger partial charge is 0.209 e. The minimum Gasteiger partial charge on any atom is -0.376 e. The van der Waals surface area contributed by atoms with E-state index >= 15 is 0 Å². The molecule has 0 aliphatic rings. The lowest BCUT2D eigenvalue weighted by atomic mass is 10.0. The van der Waals surface area contributed by atoms with E-state index in [-0.39, 0.29) is 6.54 Å². The van der Waals surface area contributed by atoms with Gasteiger partial charge in [0.05, 0.1) is 35.0 Å². The Hall–Kier alpha value is -4.61. The number of aromatic nitrogens is 5. The molecule has 2 aromatic carbocycles. The van der Waals surface area contributed by atoms with Crippen molar-refractivity contribution in [3.05, 3.63) is 84.6 Å². The molecule has 11 heteroatoms. The second-order valence-electron chi connectivity index (χ2n) is 9.90. The third-order valence-electron chi connectivity index (χ3n) is 6.71. The van der Waals surface area contributed by atoms with E-state index in [0.29, 0.717) is 16.8 Å². The molecular weight excluding hydrogens is 529 g/mol. The molecule has 0 radical (unpaired) electrons. The molecule has 0 amide bonds. The van der Waals surface area contributed by atoms with Crippen LogP contribution in [0.5, 0.6) is 0 Å². The van der Waals surface area contributed by atoms with Crippen molar-refractivity contribution in [2.45, 2.75) is 6.54 Å². The predicted octanol–water partition coefficient (Wildman–Crippen LogP) is 5.09. The number of pyridine rings is 2. The van der Waals surface area contributed by atoms with Gasteiger partial charge in [-0.05, 0) is 59.7 Å². The van der Waals surface area contributed by atoms with Crippen molar-refractivity contribution in [3.8, 4) is 33.8 Å². The number of aromatic amines is 2. The fourth-order valence-electron chi connectivity index (χ4n) is 4.74. The average Bonchev–Trinajstić information content (AvgIpc) is 3.55. The van der Waals surface area contributed by atoms with Gasteiger partial charge in [-0.25, -0.2) is 17.5 Å². The molecular formula is C29H26FN7O2S. The molecule has 0 aliphatic carbocycles. The van der Waals surface area contributed by atoms with Crippen LogP contribution in [0.3, 0.4) is 0 Å². The van der Waals surface area contributed by atoms with Gasteiger partial charge in [0.25, 0.3) is 0 Å². The van der Waals surface area contributed by atoms with Gasteiger partial charge >= 0.3 is 0 Å². The molecule has 0 aliphatic heterocycles. The van der Waals surface area contributed by atoms with Crippen LogP contribution < -0.4 is 9.62 Å². The van der Waals surface area contributed by atoms with Gasteiger partial charge in [-0.1, -0.05) is 6.07 Å². The summed E-state index contributed by atoms with van der Waals surface area (Å²) in [5.41, 5.74) is 7.86. The molecule has 3 N–H and O–H groups in total. The quantitative estimate of drug-likeness (QED) is 0.253. The largest absolute Gasteiger partial charge is 0.376 e. The molecule has 0 fully saturated rings. The zero-order valence-corrected chi connectivity index (χ0v) is 22.8. The van der Waals surface area contributed by atoms with Crippen molar-refractivity contribution in [1.29, 1.82) is 0 Å². The zero-order chi connectivity index (χ0) is 28.0. The average molecular weight is 556 g/mol. The van der Waals surface area contributed by atoms with Crippen LogP contribution in [0, 0.1) is 5.82 Å². The number of sulfonamides is 1. The maximum absolute atomic E-state index is 14.5. The molecule has 9 nitrogen and oxygen atoms in total. The first kappa shape index (κ1) is 25.7. The van der Waals surface area contributed by atoms with Crippen molar-refractivity contribution in [2.24, 2.45) is 0 Å². The Balaban J connectivity index is 1.42. The number of rotatable bonds is 7. The number of anilines is 1. The summed E-state index contributed by atoms with van der Waals surface area (Å²) in [7, 11) is 0.538. The molecule has 4 heterocycles. The second kappa shape index (κ2) is 9.85. The van der Waals surface area contributed by atoms with Crippen LogP contribution in [0.25, 0.3) is 55.6 Å². The Bertz CT molecular complexity index is 2000. The predicted molar refractivity (Wildman–Crippen MR) is 156 cm³/mol. The highest BCUT2D eigenvalue weighted by atomic mass is 32.2. The van der Waals surface area contributed by atoms with Gasteiger partial charge in [0.1, 0.15) is 11.5 Å². The van der Waals surface area contributed by atoms with E-state index in [9.17, 15) is 12.8 Å². The highest BCUT2D eigenvalue weighted by molar-refractivity contribution is 7.88. The summed E-state index contributed by atoms with van der Waals surface area (Å²) in [6.07, 6.45) is 6.39. The SMILES string of the molecule is CN(C)c1cncc(-c2ccc3[nH]nc(-c4cc5c(-c6cc(F)cc(CNS(C)(=O)=O)c6)nccc5[nH]4)c3c2)c1. The lowest BCUT2D eigenvalue weighted by molar-refractivity contribution is 0.586. The van der Waals surface area contributed by atoms with Crippen LogP contribution in [0.2, 0.25) is 0 Å². The van der Waals surface area contributed by atoms with Gasteiger partial charge in [-0.2, -0.15) is 5.10 Å². The van der Waals surface area contributed by atoms with E-state index < -0.39 is 15.8 Å². The first-order valence-corrected chi connectivity index (χ1v) is 14.4. The number of halogens is 1. The topological polar surface area (TPSA) is 120 Å². The molecule has 0 saturated carbocycles. The normalized spacial score (nSPS) is 11.9. The summed E-state index contributed by atoms with van der Waals surface area (Å²) in [4.78, 5) is 14.4. The van der Waals surface area contributed by atoms with E-state index in [1.165, 1.54) is 12.1 Å². The fourth-order valence-corrected chi connectivity index (χ4v) is 5.17. The summed E-state index contributed by atoms with van der Waals surface area (Å²) < 4.78 is 40.0. The minimum atomic E-state index is -3.42. The number of nitrogens with zero attached hydrogens (tertiary/aromatic N) is 4. The van der Waals surface area contributed by atoms with Crippen LogP contribution in [0.1, 0.15) is 5.56 Å². The lowest BCUT2D eigenvalue weighted by Crippen LogP contribution is -2.21. The number of fused-ring (bicyclic) bond motifs is 2. The first-order chi connectivity index (χ1) is 19.1. The first-order valence-electron chi connectivity index (χ1n) is 12.5. The van der Waals surface area contributed by atoms with Crippen LogP contribution in [0.15, 0.2) is 73.2 Å². The molecule has 0 unspecified atom stereocenters. The minimum absolute atomic E-state index is 0.0213. The standard InChI is InChI=1S/C29H26FN7O2S/c1-37(2)22-11-20(15-31-16-22)18-4-5-26-23(12-18)29(36-35-26)27-13-24-25(34-27)6-7-32-28(24)19-8-17(9-21(30)10-19)14-33-40(3,38)39/h4-13,15-16,33-34H,14H2,1-3H3,(H,35,36). The molecule has 0 saturated heterocycles. The van der Waals surface area contributed by atoms with Crippen LogP contribution in [0.4, 0.5) is 10.1 Å². The van der Waals surface area contributed by atoms with E-state index in [0.717, 1.165) is 56.3 Å². The van der Waals surface area contributed by atoms with E-state index in [1.54, 1.807) is 12.3 Å². The van der Waals surface area contributed by atoms with Crippen molar-refractivity contribution < 1.29 is 12.8 Å². The molecule has 6 aromatic rings. The summed E-state index contributed by atoms with van der Waals surface area (Å²) in [5.74, 6) is -0.476. The fraction of sp³-hybridized carbons (Fsp3) is 0.138. The summed E-state index contributed by atoms with van der Waals surface area (Å²) in [6, 6.07) is 16.5. The summed E-state index contributed by atoms with van der Waals surface area (Å²) in [5, 5.41) is 9.44. The van der Waals surface area contributed by atoms with Gasteiger partial charge in [0, 0.05) is 60.4 Å². The van der Waals surface area contributed by atoms with Crippen molar-refractivity contribution in [2.75, 3.05) is 25.3 Å². The Morgan fingerprint density at radius 3 is 2.52 bits per heavy atom. The highest BCUT2D eigenvalue weighted by Gasteiger charge is 2.16. The lowest BCUT2D eigenvalue weighted by Gasteiger charge is -2.13. The maximum Gasteiger partial charge on any atom is 0.209 e. The summed E-state index contributed by atoms with van der Waals surface area (Å²) >= 11 is 0. The van der Waals surface area contributed by atoms with Crippen LogP contribution >= 0.6 is 0 Å². The van der Waals surface area contributed by atoms with E-state index in [2.05, 4.69) is 42.0 Å². The Morgan fingerprint density at radius 2 is 1.73 bits per heavy atom. The molecule has 6 rings (SSSR count). The zero-order valence-electron chi connectivity index (χ0n) is 22.0. The number of hydrogen-bond donors (Lipinski definition) is 3. The second-order valence-corrected chi connectivity index (χ2v) is 11.7. The maximum atomic E-state index is 14.5. The number of H-pyrrole nitrogens is 2.